The van der Waals surface area contributed by atoms with Gasteiger partial charge in [-0.2, -0.15) is 0 Å². The number of aromatic nitrogens is 3. The molecule has 0 aliphatic rings. The van der Waals surface area contributed by atoms with Crippen LogP contribution in [0.5, 0.6) is 11.8 Å². The van der Waals surface area contributed by atoms with Crippen molar-refractivity contribution >= 4 is 22.5 Å². The number of aromatic amines is 1. The molecule has 0 fully saturated rings. The van der Waals surface area contributed by atoms with Crippen LogP contribution in [0.25, 0.3) is 10.9 Å². The highest BCUT2D eigenvalue weighted by Crippen LogP contribution is 2.19. The topological polar surface area (TPSA) is 79.9 Å². The summed E-state index contributed by atoms with van der Waals surface area (Å²) in [6, 6.07) is 17.4. The van der Waals surface area contributed by atoms with Crippen LogP contribution in [0.2, 0.25) is 0 Å². The summed E-state index contributed by atoms with van der Waals surface area (Å²) in [5.41, 5.74) is 2.49. The Hall–Kier alpha value is -3.67. The van der Waals surface area contributed by atoms with E-state index in [-0.39, 0.29) is 18.3 Å². The molecule has 6 nitrogen and oxygen atoms in total. The van der Waals surface area contributed by atoms with Crippen molar-refractivity contribution in [2.75, 3.05) is 5.32 Å². The molecule has 4 rings (SSSR count). The number of anilines is 1. The fraction of sp³-hybridized carbons (Fsp3) is 0.0500. The van der Waals surface area contributed by atoms with Crippen molar-refractivity contribution in [2.24, 2.45) is 0 Å². The molecule has 0 radical (unpaired) electrons. The van der Waals surface area contributed by atoms with Crippen LogP contribution < -0.4 is 10.1 Å². The zero-order valence-electron chi connectivity index (χ0n) is 13.8. The summed E-state index contributed by atoms with van der Waals surface area (Å²) >= 11 is 0. The molecule has 0 aliphatic heterocycles. The molecule has 0 spiro atoms. The number of nitrogens with one attached hydrogen (secondary N) is 2. The summed E-state index contributed by atoms with van der Waals surface area (Å²) in [4.78, 5) is 23.7. The molecule has 0 saturated carbocycles. The number of benzene rings is 2. The number of hydrogen-bond donors (Lipinski definition) is 2. The first-order chi connectivity index (χ1) is 12.8. The third-order valence-electron chi connectivity index (χ3n) is 3.89. The van der Waals surface area contributed by atoms with Crippen LogP contribution in [-0.2, 0) is 11.2 Å². The number of H-pyrrole nitrogens is 1. The summed E-state index contributed by atoms with van der Waals surface area (Å²) in [5.74, 6) is 0.527. The van der Waals surface area contributed by atoms with Gasteiger partial charge in [-0.1, -0.05) is 36.4 Å². The highest BCUT2D eigenvalue weighted by molar-refractivity contribution is 5.95. The highest BCUT2D eigenvalue weighted by Gasteiger charge is 2.09. The van der Waals surface area contributed by atoms with Gasteiger partial charge in [-0.05, 0) is 23.8 Å². The molecule has 2 N–H and O–H groups in total. The molecule has 2 aromatic carbocycles. The van der Waals surface area contributed by atoms with E-state index in [1.807, 2.05) is 60.8 Å². The minimum Gasteiger partial charge on any atom is -0.424 e. The van der Waals surface area contributed by atoms with Gasteiger partial charge in [0, 0.05) is 17.1 Å². The largest absolute Gasteiger partial charge is 0.424 e. The average molecular weight is 344 g/mol. The van der Waals surface area contributed by atoms with Crippen molar-refractivity contribution in [1.82, 2.24) is 15.0 Å². The van der Waals surface area contributed by atoms with Gasteiger partial charge in [0.1, 0.15) is 5.75 Å². The zero-order chi connectivity index (χ0) is 17.8. The van der Waals surface area contributed by atoms with E-state index in [1.165, 1.54) is 12.4 Å². The lowest BCUT2D eigenvalue weighted by Crippen LogP contribution is -2.14. The molecule has 2 aromatic heterocycles. The number of carbonyl (C=O) groups excluding carboxylic acids is 1. The second kappa shape index (κ2) is 7.06. The molecule has 0 unspecified atom stereocenters. The summed E-state index contributed by atoms with van der Waals surface area (Å²) < 4.78 is 5.53. The maximum atomic E-state index is 12.3. The first-order valence-electron chi connectivity index (χ1n) is 8.18. The SMILES string of the molecule is O=C(Cc1c[nH]c2ccccc12)Nc1cnc(Oc2ccccc2)nc1. The lowest BCUT2D eigenvalue weighted by molar-refractivity contribution is -0.115. The number of para-hydroxylation sites is 2. The van der Waals surface area contributed by atoms with Crippen molar-refractivity contribution < 1.29 is 9.53 Å². The molecular weight excluding hydrogens is 328 g/mol. The van der Waals surface area contributed by atoms with Crippen LogP contribution in [0.1, 0.15) is 5.56 Å². The standard InChI is InChI=1S/C20H16N4O2/c25-19(10-14-11-21-18-9-5-4-8-17(14)18)24-15-12-22-20(23-13-15)26-16-6-2-1-3-7-16/h1-9,11-13,21H,10H2,(H,24,25). The number of rotatable bonds is 5. The third-order valence-corrected chi connectivity index (χ3v) is 3.89. The Morgan fingerprint density at radius 1 is 1.00 bits per heavy atom. The summed E-state index contributed by atoms with van der Waals surface area (Å²) in [5, 5.41) is 3.85. The number of hydrogen-bond acceptors (Lipinski definition) is 4. The second-order valence-corrected chi connectivity index (χ2v) is 5.75. The fourth-order valence-electron chi connectivity index (χ4n) is 2.68. The molecule has 1 amide bonds. The number of fused-ring (bicyclic) bond motifs is 1. The first kappa shape index (κ1) is 15.8. The normalized spacial score (nSPS) is 10.6. The van der Waals surface area contributed by atoms with E-state index in [0.29, 0.717) is 11.4 Å². The molecule has 0 atom stereocenters. The van der Waals surface area contributed by atoms with E-state index >= 15 is 0 Å². The second-order valence-electron chi connectivity index (χ2n) is 5.75. The van der Waals surface area contributed by atoms with Crippen molar-refractivity contribution in [2.45, 2.75) is 6.42 Å². The van der Waals surface area contributed by atoms with Gasteiger partial charge in [-0.3, -0.25) is 4.79 Å². The summed E-state index contributed by atoms with van der Waals surface area (Å²) in [6.45, 7) is 0. The minimum atomic E-state index is -0.130. The Morgan fingerprint density at radius 3 is 2.54 bits per heavy atom. The number of carbonyl (C=O) groups is 1. The smallest absolute Gasteiger partial charge is 0.322 e. The van der Waals surface area contributed by atoms with Crippen molar-refractivity contribution in [3.05, 3.63) is 78.8 Å². The number of amides is 1. The van der Waals surface area contributed by atoms with E-state index in [1.54, 1.807) is 0 Å². The zero-order valence-corrected chi connectivity index (χ0v) is 13.8. The molecule has 2 heterocycles. The van der Waals surface area contributed by atoms with Crippen molar-refractivity contribution in [1.29, 1.82) is 0 Å². The van der Waals surface area contributed by atoms with E-state index in [0.717, 1.165) is 16.5 Å². The lowest BCUT2D eigenvalue weighted by Gasteiger charge is -2.06. The average Bonchev–Trinajstić information content (AvgIpc) is 3.07. The highest BCUT2D eigenvalue weighted by atomic mass is 16.5. The quantitative estimate of drug-likeness (QED) is 0.575. The Labute approximate surface area is 149 Å². The minimum absolute atomic E-state index is 0.130. The first-order valence-corrected chi connectivity index (χ1v) is 8.18. The summed E-state index contributed by atoms with van der Waals surface area (Å²) in [6.07, 6.45) is 5.18. The van der Waals surface area contributed by atoms with Gasteiger partial charge in [0.05, 0.1) is 24.5 Å². The van der Waals surface area contributed by atoms with Gasteiger partial charge in [-0.15, -0.1) is 0 Å². The Balaban J connectivity index is 1.40. The van der Waals surface area contributed by atoms with Crippen LogP contribution in [-0.4, -0.2) is 20.9 Å². The Morgan fingerprint density at radius 2 is 1.73 bits per heavy atom. The van der Waals surface area contributed by atoms with E-state index in [4.69, 9.17) is 4.74 Å². The van der Waals surface area contributed by atoms with E-state index in [9.17, 15) is 4.79 Å². The van der Waals surface area contributed by atoms with E-state index in [2.05, 4.69) is 20.3 Å². The van der Waals surface area contributed by atoms with Gasteiger partial charge in [0.2, 0.25) is 5.91 Å². The van der Waals surface area contributed by atoms with Crippen LogP contribution in [0.3, 0.4) is 0 Å². The molecule has 0 saturated heterocycles. The predicted octanol–water partition coefficient (Wildman–Crippen LogP) is 3.93. The van der Waals surface area contributed by atoms with Crippen LogP contribution in [0.4, 0.5) is 5.69 Å². The molecule has 26 heavy (non-hydrogen) atoms. The van der Waals surface area contributed by atoms with Crippen molar-refractivity contribution in [3.63, 3.8) is 0 Å². The fourth-order valence-corrected chi connectivity index (χ4v) is 2.68. The monoisotopic (exact) mass is 344 g/mol. The van der Waals surface area contributed by atoms with Gasteiger partial charge >= 0.3 is 6.01 Å². The molecule has 6 heteroatoms. The third kappa shape index (κ3) is 3.54. The van der Waals surface area contributed by atoms with Crippen LogP contribution >= 0.6 is 0 Å². The van der Waals surface area contributed by atoms with Gasteiger partial charge in [0.25, 0.3) is 0 Å². The van der Waals surface area contributed by atoms with Crippen molar-refractivity contribution in [3.8, 4) is 11.8 Å². The lowest BCUT2D eigenvalue weighted by atomic mass is 10.1. The summed E-state index contributed by atoms with van der Waals surface area (Å²) in [7, 11) is 0. The maximum Gasteiger partial charge on any atom is 0.322 e. The van der Waals surface area contributed by atoms with Crippen LogP contribution in [0.15, 0.2) is 73.2 Å². The number of ether oxygens (including phenoxy) is 1. The molecule has 4 aromatic rings. The van der Waals surface area contributed by atoms with Gasteiger partial charge in [0.15, 0.2) is 0 Å². The Kier molecular flexibility index (Phi) is 4.30. The van der Waals surface area contributed by atoms with E-state index < -0.39 is 0 Å². The number of nitrogens with zero attached hydrogens (tertiary/aromatic N) is 2. The molecule has 0 aliphatic carbocycles. The molecular formula is C20H16N4O2. The molecule has 128 valence electrons. The van der Waals surface area contributed by atoms with Gasteiger partial charge in [-0.25, -0.2) is 9.97 Å². The maximum absolute atomic E-state index is 12.3. The predicted molar refractivity (Wildman–Crippen MR) is 99.2 cm³/mol. The van der Waals surface area contributed by atoms with Gasteiger partial charge < -0.3 is 15.0 Å². The molecule has 0 bridgehead atoms. The van der Waals surface area contributed by atoms with Crippen LogP contribution in [0, 0.1) is 0 Å². The Bertz CT molecular complexity index is 1030.